The molecule has 0 unspecified atom stereocenters. The fraction of sp³-hybridized carbons (Fsp3) is 0.235. The van der Waals surface area contributed by atoms with Gasteiger partial charge in [-0.15, -0.1) is 0 Å². The van der Waals surface area contributed by atoms with E-state index >= 15 is 0 Å². The molecule has 0 bridgehead atoms. The van der Waals surface area contributed by atoms with Crippen LogP contribution < -0.4 is 10.9 Å². The molecular weight excluding hydrogens is 313 g/mol. The first-order valence-electron chi connectivity index (χ1n) is 7.46. The summed E-state index contributed by atoms with van der Waals surface area (Å²) in [6, 6.07) is 5.49. The molecule has 7 heteroatoms. The van der Waals surface area contributed by atoms with Crippen LogP contribution in [0.5, 0.6) is 0 Å². The van der Waals surface area contributed by atoms with Gasteiger partial charge in [0.1, 0.15) is 23.3 Å². The molecule has 24 heavy (non-hydrogen) atoms. The zero-order chi connectivity index (χ0) is 17.3. The maximum Gasteiger partial charge on any atom is 0.264 e. The Bertz CT molecular complexity index is 958. The van der Waals surface area contributed by atoms with Crippen LogP contribution in [0.4, 0.5) is 10.1 Å². The second-order valence-corrected chi connectivity index (χ2v) is 5.51. The molecular formula is C17H16FN3O3. The van der Waals surface area contributed by atoms with Crippen molar-refractivity contribution < 1.29 is 13.6 Å². The molecule has 0 aliphatic rings. The summed E-state index contributed by atoms with van der Waals surface area (Å²) < 4.78 is 19.6. The van der Waals surface area contributed by atoms with Crippen molar-refractivity contribution in [2.75, 3.05) is 5.32 Å². The van der Waals surface area contributed by atoms with Gasteiger partial charge in [0.15, 0.2) is 0 Å². The number of aromatic nitrogens is 2. The molecule has 0 fully saturated rings. The van der Waals surface area contributed by atoms with E-state index in [9.17, 15) is 14.0 Å². The third-order valence-corrected chi connectivity index (χ3v) is 3.86. The molecule has 0 aliphatic carbocycles. The second-order valence-electron chi connectivity index (χ2n) is 5.51. The topological polar surface area (TPSA) is 77.1 Å². The van der Waals surface area contributed by atoms with Crippen molar-refractivity contribution in [2.45, 2.75) is 26.8 Å². The van der Waals surface area contributed by atoms with Crippen LogP contribution in [-0.4, -0.2) is 15.5 Å². The van der Waals surface area contributed by atoms with Crippen LogP contribution in [0.15, 0.2) is 39.8 Å². The van der Waals surface area contributed by atoms with Gasteiger partial charge in [-0.3, -0.25) is 14.2 Å². The summed E-state index contributed by atoms with van der Waals surface area (Å²) >= 11 is 0. The third kappa shape index (κ3) is 3.05. The summed E-state index contributed by atoms with van der Waals surface area (Å²) in [5.74, 6) is 0.0137. The van der Waals surface area contributed by atoms with Crippen molar-refractivity contribution >= 4 is 22.7 Å². The van der Waals surface area contributed by atoms with Gasteiger partial charge < -0.3 is 9.73 Å². The summed E-state index contributed by atoms with van der Waals surface area (Å²) in [6.45, 7) is 3.77. The number of hydrogen-bond acceptors (Lipinski definition) is 4. The van der Waals surface area contributed by atoms with Gasteiger partial charge in [-0.1, -0.05) is 0 Å². The highest BCUT2D eigenvalue weighted by atomic mass is 19.1. The number of hydrogen-bond donors (Lipinski definition) is 1. The first-order chi connectivity index (χ1) is 11.5. The van der Waals surface area contributed by atoms with E-state index in [-0.39, 0.29) is 30.2 Å². The van der Waals surface area contributed by atoms with Crippen molar-refractivity contribution in [3.63, 3.8) is 0 Å². The first kappa shape index (κ1) is 15.9. The number of anilines is 1. The van der Waals surface area contributed by atoms with Crippen LogP contribution in [-0.2, 0) is 11.3 Å². The standard InChI is InChI=1S/C17H16FN3O3/c1-10-11(2)24-16-15(10)17(23)21(9-19-16)8-7-14(22)20-13-5-3-12(18)4-6-13/h3-6,9H,7-8H2,1-2H3,(H,20,22). The maximum absolute atomic E-state index is 12.8. The van der Waals surface area contributed by atoms with E-state index in [2.05, 4.69) is 10.3 Å². The highest BCUT2D eigenvalue weighted by molar-refractivity contribution is 5.90. The van der Waals surface area contributed by atoms with Crippen LogP contribution in [0.2, 0.25) is 0 Å². The monoisotopic (exact) mass is 329 g/mol. The number of fused-ring (bicyclic) bond motifs is 1. The third-order valence-electron chi connectivity index (χ3n) is 3.86. The maximum atomic E-state index is 12.8. The van der Waals surface area contributed by atoms with Crippen LogP contribution >= 0.6 is 0 Å². The SMILES string of the molecule is Cc1oc2ncn(CCC(=O)Nc3ccc(F)cc3)c(=O)c2c1C. The predicted molar refractivity (Wildman–Crippen MR) is 87.4 cm³/mol. The molecule has 0 saturated heterocycles. The summed E-state index contributed by atoms with van der Waals surface area (Å²) in [4.78, 5) is 28.5. The molecule has 124 valence electrons. The Balaban J connectivity index is 1.72. The van der Waals surface area contributed by atoms with Crippen molar-refractivity contribution in [1.29, 1.82) is 0 Å². The van der Waals surface area contributed by atoms with E-state index in [1.165, 1.54) is 35.2 Å². The summed E-state index contributed by atoms with van der Waals surface area (Å²) in [7, 11) is 0. The molecule has 0 radical (unpaired) electrons. The smallest absolute Gasteiger partial charge is 0.264 e. The largest absolute Gasteiger partial charge is 0.443 e. The average molecular weight is 329 g/mol. The second kappa shape index (κ2) is 6.27. The number of furan rings is 1. The Morgan fingerprint density at radius 1 is 1.29 bits per heavy atom. The van der Waals surface area contributed by atoms with Crippen molar-refractivity contribution in [2.24, 2.45) is 0 Å². The van der Waals surface area contributed by atoms with Gasteiger partial charge in [-0.05, 0) is 38.1 Å². The van der Waals surface area contributed by atoms with E-state index in [1.54, 1.807) is 13.8 Å². The summed E-state index contributed by atoms with van der Waals surface area (Å²) in [5.41, 5.74) is 1.34. The lowest BCUT2D eigenvalue weighted by atomic mass is 10.2. The van der Waals surface area contributed by atoms with E-state index in [0.717, 1.165) is 5.56 Å². The van der Waals surface area contributed by atoms with Crippen molar-refractivity contribution in [3.05, 3.63) is 58.1 Å². The first-order valence-corrected chi connectivity index (χ1v) is 7.46. The number of amides is 1. The lowest BCUT2D eigenvalue weighted by Gasteiger charge is -2.07. The number of benzene rings is 1. The number of nitrogens with one attached hydrogen (secondary N) is 1. The Kier molecular flexibility index (Phi) is 4.16. The minimum atomic E-state index is -0.371. The van der Waals surface area contributed by atoms with Gasteiger partial charge >= 0.3 is 0 Å². The molecule has 1 N–H and O–H groups in total. The van der Waals surface area contributed by atoms with Crippen molar-refractivity contribution in [3.8, 4) is 0 Å². The number of halogens is 1. The molecule has 6 nitrogen and oxygen atoms in total. The van der Waals surface area contributed by atoms with Crippen LogP contribution in [0.1, 0.15) is 17.7 Å². The number of carbonyl (C=O) groups is 1. The molecule has 3 rings (SSSR count). The minimum absolute atomic E-state index is 0.0976. The van der Waals surface area contributed by atoms with Gasteiger partial charge in [0.2, 0.25) is 11.6 Å². The van der Waals surface area contributed by atoms with Crippen LogP contribution in [0.3, 0.4) is 0 Å². The Labute approximate surface area is 136 Å². The summed E-state index contributed by atoms with van der Waals surface area (Å²) in [6.07, 6.45) is 1.47. The molecule has 1 aromatic carbocycles. The average Bonchev–Trinajstić information content (AvgIpc) is 2.84. The van der Waals surface area contributed by atoms with Crippen LogP contribution in [0.25, 0.3) is 11.1 Å². The van der Waals surface area contributed by atoms with E-state index in [0.29, 0.717) is 22.5 Å². The van der Waals surface area contributed by atoms with Gasteiger partial charge in [-0.2, -0.15) is 0 Å². The zero-order valence-corrected chi connectivity index (χ0v) is 13.3. The van der Waals surface area contributed by atoms with E-state index < -0.39 is 0 Å². The summed E-state index contributed by atoms with van der Waals surface area (Å²) in [5, 5.41) is 3.09. The molecule has 2 aromatic heterocycles. The molecule has 1 amide bonds. The number of aryl methyl sites for hydroxylation is 3. The molecule has 0 spiro atoms. The van der Waals surface area contributed by atoms with E-state index in [1.807, 2.05) is 0 Å². The highest BCUT2D eigenvalue weighted by Gasteiger charge is 2.14. The Morgan fingerprint density at radius 2 is 2.00 bits per heavy atom. The lowest BCUT2D eigenvalue weighted by Crippen LogP contribution is -2.23. The lowest BCUT2D eigenvalue weighted by molar-refractivity contribution is -0.116. The molecule has 2 heterocycles. The number of rotatable bonds is 4. The molecule has 3 aromatic rings. The molecule has 0 atom stereocenters. The van der Waals surface area contributed by atoms with Crippen molar-refractivity contribution in [1.82, 2.24) is 9.55 Å². The molecule has 0 aliphatic heterocycles. The predicted octanol–water partition coefficient (Wildman–Crippen LogP) is 2.77. The van der Waals surface area contributed by atoms with Gasteiger partial charge in [-0.25, -0.2) is 9.37 Å². The van der Waals surface area contributed by atoms with Gasteiger partial charge in [0.25, 0.3) is 5.56 Å². The quantitative estimate of drug-likeness (QED) is 0.798. The number of nitrogens with zero attached hydrogens (tertiary/aromatic N) is 2. The van der Waals surface area contributed by atoms with Crippen LogP contribution in [0, 0.1) is 19.7 Å². The fourth-order valence-electron chi connectivity index (χ4n) is 2.41. The zero-order valence-electron chi connectivity index (χ0n) is 13.3. The number of carbonyl (C=O) groups excluding carboxylic acids is 1. The molecule has 0 saturated carbocycles. The Morgan fingerprint density at radius 3 is 2.71 bits per heavy atom. The Hall–Kier alpha value is -2.96. The van der Waals surface area contributed by atoms with Gasteiger partial charge in [0.05, 0.1) is 0 Å². The minimum Gasteiger partial charge on any atom is -0.443 e. The normalized spacial score (nSPS) is 11.0. The van der Waals surface area contributed by atoms with Gasteiger partial charge in [0, 0.05) is 24.2 Å². The van der Waals surface area contributed by atoms with E-state index in [4.69, 9.17) is 4.42 Å². The fourth-order valence-corrected chi connectivity index (χ4v) is 2.41. The highest BCUT2D eigenvalue weighted by Crippen LogP contribution is 2.19.